The largest absolute Gasteiger partial charge is 0.340 e. The molecule has 1 N–H and O–H groups in total. The predicted octanol–water partition coefficient (Wildman–Crippen LogP) is 2.49. The van der Waals surface area contributed by atoms with E-state index in [-0.39, 0.29) is 0 Å². The Labute approximate surface area is 103 Å². The molecule has 0 aromatic carbocycles. The van der Waals surface area contributed by atoms with Crippen LogP contribution in [-0.4, -0.2) is 11.1 Å². The first kappa shape index (κ1) is 12.2. The van der Waals surface area contributed by atoms with E-state index in [1.54, 1.807) is 0 Å². The van der Waals surface area contributed by atoms with E-state index >= 15 is 0 Å². The highest BCUT2D eigenvalue weighted by molar-refractivity contribution is 5.34. The van der Waals surface area contributed by atoms with E-state index in [1.807, 2.05) is 17.7 Å². The van der Waals surface area contributed by atoms with Crippen LogP contribution in [0.25, 0.3) is 0 Å². The summed E-state index contributed by atoms with van der Waals surface area (Å²) in [6.45, 7) is 6.34. The molecule has 1 fully saturated rings. The van der Waals surface area contributed by atoms with Gasteiger partial charge in [0.15, 0.2) is 0 Å². The van der Waals surface area contributed by atoms with Crippen LogP contribution in [0.2, 0.25) is 0 Å². The van der Waals surface area contributed by atoms with E-state index in [9.17, 15) is 0 Å². The van der Waals surface area contributed by atoms with E-state index in [4.69, 9.17) is 5.26 Å². The second-order valence-corrected chi connectivity index (χ2v) is 5.27. The first-order chi connectivity index (χ1) is 8.12. The summed E-state index contributed by atoms with van der Waals surface area (Å²) in [5.41, 5.74) is 3.77. The Bertz CT molecular complexity index is 447. The molecule has 0 unspecified atom stereocenters. The summed E-state index contributed by atoms with van der Waals surface area (Å²) in [6, 6.07) is 4.22. The first-order valence-corrected chi connectivity index (χ1v) is 6.38. The van der Waals surface area contributed by atoms with Crippen LogP contribution >= 0.6 is 0 Å². The van der Waals surface area contributed by atoms with Gasteiger partial charge >= 0.3 is 0 Å². The molecule has 17 heavy (non-hydrogen) atoms. The third-order valence-corrected chi connectivity index (χ3v) is 4.28. The maximum absolute atomic E-state index is 8.97. The lowest BCUT2D eigenvalue weighted by molar-refractivity contribution is 0.443. The number of nitriles is 1. The molecule has 2 rings (SSSR count). The fourth-order valence-corrected chi connectivity index (χ4v) is 2.34. The van der Waals surface area contributed by atoms with Crippen LogP contribution < -0.4 is 5.32 Å². The summed E-state index contributed by atoms with van der Waals surface area (Å²) in [7, 11) is 1.95. The quantitative estimate of drug-likeness (QED) is 0.845. The van der Waals surface area contributed by atoms with Crippen LogP contribution in [0.1, 0.15) is 43.1 Å². The van der Waals surface area contributed by atoms with Crippen molar-refractivity contribution in [1.29, 1.82) is 5.26 Å². The van der Waals surface area contributed by atoms with Crippen molar-refractivity contribution in [2.24, 2.45) is 12.5 Å². The van der Waals surface area contributed by atoms with Gasteiger partial charge < -0.3 is 9.88 Å². The van der Waals surface area contributed by atoms with Crippen molar-refractivity contribution in [3.05, 3.63) is 23.0 Å². The molecule has 3 nitrogen and oxygen atoms in total. The maximum Gasteiger partial charge on any atom is 0.120 e. The van der Waals surface area contributed by atoms with Gasteiger partial charge in [0.05, 0.1) is 0 Å². The Hall–Kier alpha value is -1.27. The number of nitrogens with one attached hydrogen (secondary N) is 1. The smallest absolute Gasteiger partial charge is 0.120 e. The summed E-state index contributed by atoms with van der Waals surface area (Å²) < 4.78 is 1.96. The lowest BCUT2D eigenvalue weighted by Crippen LogP contribution is -2.23. The zero-order valence-electron chi connectivity index (χ0n) is 11.0. The van der Waals surface area contributed by atoms with Crippen LogP contribution in [0, 0.1) is 23.7 Å². The van der Waals surface area contributed by atoms with Gasteiger partial charge in [0.2, 0.25) is 0 Å². The molecular weight excluding hydrogens is 210 g/mol. The van der Waals surface area contributed by atoms with E-state index < -0.39 is 0 Å². The topological polar surface area (TPSA) is 40.8 Å². The molecule has 1 aliphatic rings. The Kier molecular flexibility index (Phi) is 3.26. The average Bonchev–Trinajstić information content (AvgIpc) is 3.07. The standard InChI is InChI=1S/C14H21N3/c1-4-14(5-6-14)10-16-9-12-7-13(8-15)17(3)11(12)2/h7,16H,4-6,9-10H2,1-3H3. The lowest BCUT2D eigenvalue weighted by atomic mass is 10.0. The molecular formula is C14H21N3. The molecule has 92 valence electrons. The van der Waals surface area contributed by atoms with Crippen LogP contribution in [0.15, 0.2) is 6.07 Å². The van der Waals surface area contributed by atoms with Crippen LogP contribution in [0.3, 0.4) is 0 Å². The van der Waals surface area contributed by atoms with Crippen LogP contribution in [-0.2, 0) is 13.6 Å². The van der Waals surface area contributed by atoms with E-state index in [0.717, 1.165) is 18.8 Å². The van der Waals surface area contributed by atoms with Crippen molar-refractivity contribution >= 4 is 0 Å². The van der Waals surface area contributed by atoms with Crippen molar-refractivity contribution in [2.45, 2.75) is 39.7 Å². The van der Waals surface area contributed by atoms with Gasteiger partial charge in [-0.3, -0.25) is 0 Å². The highest BCUT2D eigenvalue weighted by Gasteiger charge is 2.39. The Morgan fingerprint density at radius 3 is 2.71 bits per heavy atom. The van der Waals surface area contributed by atoms with Crippen molar-refractivity contribution in [1.82, 2.24) is 9.88 Å². The summed E-state index contributed by atoms with van der Waals surface area (Å²) in [6.07, 6.45) is 4.01. The number of rotatable bonds is 5. The Morgan fingerprint density at radius 2 is 2.24 bits per heavy atom. The van der Waals surface area contributed by atoms with Gasteiger partial charge in [0, 0.05) is 25.8 Å². The molecule has 0 bridgehead atoms. The number of aromatic nitrogens is 1. The van der Waals surface area contributed by atoms with E-state index in [0.29, 0.717) is 5.41 Å². The van der Waals surface area contributed by atoms with Crippen molar-refractivity contribution in [3.8, 4) is 6.07 Å². The lowest BCUT2D eigenvalue weighted by Gasteiger charge is -2.13. The zero-order chi connectivity index (χ0) is 12.5. The second kappa shape index (κ2) is 4.54. The first-order valence-electron chi connectivity index (χ1n) is 6.38. The van der Waals surface area contributed by atoms with Crippen LogP contribution in [0.4, 0.5) is 0 Å². The molecule has 0 spiro atoms. The van der Waals surface area contributed by atoms with Gasteiger partial charge in [0.25, 0.3) is 0 Å². The highest BCUT2D eigenvalue weighted by Crippen LogP contribution is 2.47. The third kappa shape index (κ3) is 2.37. The summed E-state index contributed by atoms with van der Waals surface area (Å²) >= 11 is 0. The predicted molar refractivity (Wildman–Crippen MR) is 68.5 cm³/mol. The molecule has 0 amide bonds. The molecule has 1 heterocycles. The monoisotopic (exact) mass is 231 g/mol. The summed E-state index contributed by atoms with van der Waals surface area (Å²) in [5.74, 6) is 0. The molecule has 1 aromatic rings. The number of hydrogen-bond donors (Lipinski definition) is 1. The molecule has 0 radical (unpaired) electrons. The molecule has 0 aliphatic heterocycles. The van der Waals surface area contributed by atoms with Gasteiger partial charge in [-0.2, -0.15) is 5.26 Å². The minimum atomic E-state index is 0.584. The molecule has 0 atom stereocenters. The van der Waals surface area contributed by atoms with Gasteiger partial charge in [-0.15, -0.1) is 0 Å². The molecule has 1 aromatic heterocycles. The SMILES string of the molecule is CCC1(CNCc2cc(C#N)n(C)c2C)CC1. The highest BCUT2D eigenvalue weighted by atomic mass is 15.0. The molecule has 0 saturated heterocycles. The van der Waals surface area contributed by atoms with Crippen molar-refractivity contribution in [3.63, 3.8) is 0 Å². The van der Waals surface area contributed by atoms with Gasteiger partial charge in [-0.25, -0.2) is 0 Å². The van der Waals surface area contributed by atoms with E-state index in [1.165, 1.54) is 30.5 Å². The van der Waals surface area contributed by atoms with Gasteiger partial charge in [0.1, 0.15) is 11.8 Å². The Morgan fingerprint density at radius 1 is 1.53 bits per heavy atom. The molecule has 1 saturated carbocycles. The fourth-order valence-electron chi connectivity index (χ4n) is 2.34. The van der Waals surface area contributed by atoms with Gasteiger partial charge in [-0.1, -0.05) is 6.92 Å². The molecule has 3 heteroatoms. The Balaban J connectivity index is 1.93. The normalized spacial score (nSPS) is 16.8. The fraction of sp³-hybridized carbons (Fsp3) is 0.643. The minimum absolute atomic E-state index is 0.584. The maximum atomic E-state index is 8.97. The summed E-state index contributed by atoms with van der Waals surface area (Å²) in [4.78, 5) is 0. The van der Waals surface area contributed by atoms with Crippen molar-refractivity contribution < 1.29 is 0 Å². The van der Waals surface area contributed by atoms with Crippen molar-refractivity contribution in [2.75, 3.05) is 6.54 Å². The average molecular weight is 231 g/mol. The number of hydrogen-bond acceptors (Lipinski definition) is 2. The van der Waals surface area contributed by atoms with Crippen LogP contribution in [0.5, 0.6) is 0 Å². The molecule has 1 aliphatic carbocycles. The van der Waals surface area contributed by atoms with Gasteiger partial charge in [-0.05, 0) is 43.2 Å². The number of nitrogens with zero attached hydrogens (tertiary/aromatic N) is 2. The minimum Gasteiger partial charge on any atom is -0.340 e. The summed E-state index contributed by atoms with van der Waals surface area (Å²) in [5, 5.41) is 12.5. The zero-order valence-corrected chi connectivity index (χ0v) is 11.0. The third-order valence-electron chi connectivity index (χ3n) is 4.28. The van der Waals surface area contributed by atoms with E-state index in [2.05, 4.69) is 25.2 Å². The second-order valence-electron chi connectivity index (χ2n) is 5.27.